The van der Waals surface area contributed by atoms with Crippen molar-refractivity contribution in [2.45, 2.75) is 12.3 Å². The summed E-state index contributed by atoms with van der Waals surface area (Å²) in [5.41, 5.74) is 0.628. The first kappa shape index (κ1) is 8.87. The number of rotatable bonds is 1. The molecule has 1 unspecified atom stereocenters. The standard InChI is InChI=1S/C10H11NO3/c12-7-1-2-9(13)8(4-7)6-3-10(14)11-5-6/h1-2,4,6,12-13H,3,5H2,(H,11,14). The third-order valence-electron chi connectivity index (χ3n) is 2.43. The van der Waals surface area contributed by atoms with Crippen molar-refractivity contribution in [3.8, 4) is 11.5 Å². The molecule has 2 rings (SSSR count). The second kappa shape index (κ2) is 3.21. The zero-order valence-corrected chi connectivity index (χ0v) is 7.53. The Balaban J connectivity index is 2.31. The van der Waals surface area contributed by atoms with Crippen molar-refractivity contribution in [1.29, 1.82) is 0 Å². The van der Waals surface area contributed by atoms with Gasteiger partial charge in [0, 0.05) is 24.4 Å². The number of phenols is 2. The Hall–Kier alpha value is -1.71. The predicted molar refractivity (Wildman–Crippen MR) is 50.1 cm³/mol. The lowest BCUT2D eigenvalue weighted by Gasteiger charge is -2.09. The van der Waals surface area contributed by atoms with E-state index in [2.05, 4.69) is 5.32 Å². The molecule has 1 atom stereocenters. The Labute approximate surface area is 81.2 Å². The van der Waals surface area contributed by atoms with Crippen LogP contribution in [0, 0.1) is 0 Å². The number of nitrogens with one attached hydrogen (secondary N) is 1. The molecule has 74 valence electrons. The van der Waals surface area contributed by atoms with Gasteiger partial charge in [0.25, 0.3) is 0 Å². The van der Waals surface area contributed by atoms with E-state index < -0.39 is 0 Å². The minimum Gasteiger partial charge on any atom is -0.508 e. The molecule has 14 heavy (non-hydrogen) atoms. The first-order valence-corrected chi connectivity index (χ1v) is 4.45. The smallest absolute Gasteiger partial charge is 0.220 e. The van der Waals surface area contributed by atoms with Gasteiger partial charge in [-0.2, -0.15) is 0 Å². The summed E-state index contributed by atoms with van der Waals surface area (Å²) >= 11 is 0. The van der Waals surface area contributed by atoms with Crippen LogP contribution in [-0.4, -0.2) is 22.7 Å². The third kappa shape index (κ3) is 1.51. The highest BCUT2D eigenvalue weighted by Crippen LogP contribution is 2.32. The summed E-state index contributed by atoms with van der Waals surface area (Å²) in [6.45, 7) is 0.524. The van der Waals surface area contributed by atoms with E-state index in [-0.39, 0.29) is 23.3 Å². The monoisotopic (exact) mass is 193 g/mol. The molecule has 3 N–H and O–H groups in total. The minimum atomic E-state index is -0.0328. The number of hydrogen-bond donors (Lipinski definition) is 3. The number of carbonyl (C=O) groups is 1. The van der Waals surface area contributed by atoms with Crippen molar-refractivity contribution in [3.63, 3.8) is 0 Å². The van der Waals surface area contributed by atoms with Crippen LogP contribution in [0.4, 0.5) is 0 Å². The van der Waals surface area contributed by atoms with E-state index in [1.165, 1.54) is 18.2 Å². The van der Waals surface area contributed by atoms with Crippen LogP contribution < -0.4 is 5.32 Å². The van der Waals surface area contributed by atoms with E-state index in [0.29, 0.717) is 18.5 Å². The van der Waals surface area contributed by atoms with Crippen LogP contribution in [0.25, 0.3) is 0 Å². The maximum atomic E-state index is 11.0. The number of hydrogen-bond acceptors (Lipinski definition) is 3. The van der Waals surface area contributed by atoms with Crippen molar-refractivity contribution in [2.24, 2.45) is 0 Å². The van der Waals surface area contributed by atoms with Gasteiger partial charge < -0.3 is 15.5 Å². The van der Waals surface area contributed by atoms with Gasteiger partial charge in [-0.3, -0.25) is 4.79 Å². The first-order chi connectivity index (χ1) is 6.66. The van der Waals surface area contributed by atoms with E-state index in [9.17, 15) is 15.0 Å². The Morgan fingerprint density at radius 1 is 1.36 bits per heavy atom. The fraction of sp³-hybridized carbons (Fsp3) is 0.300. The normalized spacial score (nSPS) is 20.9. The van der Waals surface area contributed by atoms with E-state index in [0.717, 1.165) is 0 Å². The van der Waals surface area contributed by atoms with Crippen molar-refractivity contribution in [2.75, 3.05) is 6.54 Å². The highest BCUT2D eigenvalue weighted by molar-refractivity contribution is 5.79. The Kier molecular flexibility index (Phi) is 2.04. The van der Waals surface area contributed by atoms with Gasteiger partial charge >= 0.3 is 0 Å². The molecule has 1 aliphatic rings. The molecule has 0 spiro atoms. The average Bonchev–Trinajstić information content (AvgIpc) is 2.56. The summed E-state index contributed by atoms with van der Waals surface area (Å²) in [6, 6.07) is 4.36. The van der Waals surface area contributed by atoms with Gasteiger partial charge in [-0.05, 0) is 18.2 Å². The van der Waals surface area contributed by atoms with Crippen molar-refractivity contribution < 1.29 is 15.0 Å². The maximum Gasteiger partial charge on any atom is 0.220 e. The molecule has 4 nitrogen and oxygen atoms in total. The van der Waals surface area contributed by atoms with E-state index in [4.69, 9.17) is 0 Å². The Bertz CT molecular complexity index is 376. The van der Waals surface area contributed by atoms with Crippen LogP contribution in [0.5, 0.6) is 11.5 Å². The number of benzene rings is 1. The number of aromatic hydroxyl groups is 2. The van der Waals surface area contributed by atoms with Crippen LogP contribution in [-0.2, 0) is 4.79 Å². The van der Waals surface area contributed by atoms with Gasteiger partial charge in [-0.25, -0.2) is 0 Å². The van der Waals surface area contributed by atoms with E-state index in [1.54, 1.807) is 0 Å². The van der Waals surface area contributed by atoms with Crippen LogP contribution in [0.15, 0.2) is 18.2 Å². The van der Waals surface area contributed by atoms with Crippen LogP contribution in [0.2, 0.25) is 0 Å². The second-order valence-electron chi connectivity index (χ2n) is 3.45. The highest BCUT2D eigenvalue weighted by atomic mass is 16.3. The molecule has 1 aliphatic heterocycles. The molecular weight excluding hydrogens is 182 g/mol. The molecule has 0 aromatic heterocycles. The minimum absolute atomic E-state index is 0.0160. The molecular formula is C10H11NO3. The lowest BCUT2D eigenvalue weighted by atomic mass is 9.97. The molecule has 1 aromatic carbocycles. The largest absolute Gasteiger partial charge is 0.508 e. The molecule has 1 fully saturated rings. The summed E-state index contributed by atoms with van der Waals surface area (Å²) in [7, 11) is 0. The summed E-state index contributed by atoms with van der Waals surface area (Å²) < 4.78 is 0. The van der Waals surface area contributed by atoms with Gasteiger partial charge in [0.2, 0.25) is 5.91 Å². The summed E-state index contributed by atoms with van der Waals surface area (Å²) in [6.07, 6.45) is 0.372. The highest BCUT2D eigenvalue weighted by Gasteiger charge is 2.25. The topological polar surface area (TPSA) is 69.6 Å². The van der Waals surface area contributed by atoms with E-state index in [1.807, 2.05) is 0 Å². The van der Waals surface area contributed by atoms with Gasteiger partial charge in [0.15, 0.2) is 0 Å². The van der Waals surface area contributed by atoms with Crippen molar-refractivity contribution in [3.05, 3.63) is 23.8 Å². The second-order valence-corrected chi connectivity index (χ2v) is 3.45. The lowest BCUT2D eigenvalue weighted by molar-refractivity contribution is -0.119. The molecule has 1 aromatic rings. The van der Waals surface area contributed by atoms with Crippen LogP contribution in [0.3, 0.4) is 0 Å². The van der Waals surface area contributed by atoms with Gasteiger partial charge in [-0.15, -0.1) is 0 Å². The molecule has 0 aliphatic carbocycles. The summed E-state index contributed by atoms with van der Waals surface area (Å²) in [4.78, 5) is 11.0. The zero-order valence-electron chi connectivity index (χ0n) is 7.53. The zero-order chi connectivity index (χ0) is 10.1. The lowest BCUT2D eigenvalue weighted by Crippen LogP contribution is -2.13. The van der Waals surface area contributed by atoms with Gasteiger partial charge in [0.05, 0.1) is 0 Å². The van der Waals surface area contributed by atoms with E-state index >= 15 is 0 Å². The fourth-order valence-corrected chi connectivity index (χ4v) is 1.69. The Morgan fingerprint density at radius 2 is 2.14 bits per heavy atom. The summed E-state index contributed by atoms with van der Waals surface area (Å²) in [5, 5.41) is 21.5. The number of phenolic OH excluding ortho intramolecular Hbond substituents is 2. The quantitative estimate of drug-likeness (QED) is 0.575. The molecule has 1 heterocycles. The van der Waals surface area contributed by atoms with Crippen molar-refractivity contribution in [1.82, 2.24) is 5.32 Å². The Morgan fingerprint density at radius 3 is 2.79 bits per heavy atom. The fourth-order valence-electron chi connectivity index (χ4n) is 1.69. The average molecular weight is 193 g/mol. The van der Waals surface area contributed by atoms with Crippen molar-refractivity contribution >= 4 is 5.91 Å². The molecule has 1 amide bonds. The SMILES string of the molecule is O=C1CC(c2cc(O)ccc2O)CN1. The molecule has 0 bridgehead atoms. The summed E-state index contributed by atoms with van der Waals surface area (Å²) in [5.74, 6) is 0.189. The number of amides is 1. The molecule has 4 heteroatoms. The van der Waals surface area contributed by atoms with Gasteiger partial charge in [-0.1, -0.05) is 0 Å². The van der Waals surface area contributed by atoms with Gasteiger partial charge in [0.1, 0.15) is 11.5 Å². The van der Waals surface area contributed by atoms with Crippen LogP contribution >= 0.6 is 0 Å². The number of carbonyl (C=O) groups excluding carboxylic acids is 1. The molecule has 0 saturated carbocycles. The maximum absolute atomic E-state index is 11.0. The predicted octanol–water partition coefficient (Wildman–Crippen LogP) is 0.701. The molecule has 0 radical (unpaired) electrons. The molecule has 1 saturated heterocycles. The van der Waals surface area contributed by atoms with Crippen LogP contribution in [0.1, 0.15) is 17.9 Å². The third-order valence-corrected chi connectivity index (χ3v) is 2.43. The first-order valence-electron chi connectivity index (χ1n) is 4.45.